The summed E-state index contributed by atoms with van der Waals surface area (Å²) in [5.41, 5.74) is 4.29. The van der Waals surface area contributed by atoms with Gasteiger partial charge >= 0.3 is 0 Å². The molecule has 0 saturated carbocycles. The van der Waals surface area contributed by atoms with E-state index in [2.05, 4.69) is 59.1 Å². The minimum Gasteiger partial charge on any atom is -0.304 e. The summed E-state index contributed by atoms with van der Waals surface area (Å²) in [6, 6.07) is 17.8. The smallest absolute Gasteiger partial charge is 0.163 e. The number of aromatic nitrogens is 1. The van der Waals surface area contributed by atoms with Crippen LogP contribution in [0, 0.1) is 5.82 Å². The number of nitrogens with zero attached hydrogens (tertiary/aromatic N) is 4. The molecule has 0 atom stereocenters. The van der Waals surface area contributed by atoms with Gasteiger partial charge in [0.1, 0.15) is 5.82 Å². The van der Waals surface area contributed by atoms with Crippen molar-refractivity contribution in [2.75, 3.05) is 52.9 Å². The summed E-state index contributed by atoms with van der Waals surface area (Å²) in [5.74, 6) is -0.279. The molecule has 3 heterocycles. The Labute approximate surface area is 227 Å². The summed E-state index contributed by atoms with van der Waals surface area (Å²) in [4.78, 5) is 25.5. The molecule has 5 nitrogen and oxygen atoms in total. The maximum Gasteiger partial charge on any atom is 0.163 e. The number of fused-ring (bicyclic) bond motifs is 1. The number of halogens is 1. The average molecular weight is 533 g/mol. The van der Waals surface area contributed by atoms with Gasteiger partial charge in [-0.1, -0.05) is 37.4 Å². The van der Waals surface area contributed by atoms with Crippen molar-refractivity contribution >= 4 is 24.8 Å². The number of rotatable bonds is 8. The number of ketones is 1. The first-order chi connectivity index (χ1) is 18.3. The van der Waals surface area contributed by atoms with Gasteiger partial charge < -0.3 is 9.80 Å². The molecule has 38 heavy (non-hydrogen) atoms. The highest BCUT2D eigenvalue weighted by Gasteiger charge is 2.27. The molecule has 0 spiro atoms. The SMILES string of the molecule is CN1CCN(CCCC(=O)c2cc(-c3ccc(CN4CC[Si](C)(C)CC4)cc3)nc3ccc(F)cc23)CC1. The lowest BCUT2D eigenvalue weighted by Crippen LogP contribution is -2.44. The Balaban J connectivity index is 1.30. The van der Waals surface area contributed by atoms with Crippen molar-refractivity contribution in [2.45, 2.75) is 44.6 Å². The maximum atomic E-state index is 14.2. The highest BCUT2D eigenvalue weighted by Crippen LogP contribution is 2.28. The third kappa shape index (κ3) is 6.75. The van der Waals surface area contributed by atoms with Crippen molar-refractivity contribution < 1.29 is 9.18 Å². The van der Waals surface area contributed by atoms with Gasteiger partial charge in [-0.15, -0.1) is 0 Å². The van der Waals surface area contributed by atoms with Gasteiger partial charge in [-0.2, -0.15) is 0 Å². The zero-order valence-corrected chi connectivity index (χ0v) is 24.2. The Kier molecular flexibility index (Phi) is 8.38. The minimum absolute atomic E-state index is 0.0616. The van der Waals surface area contributed by atoms with Crippen LogP contribution in [0.15, 0.2) is 48.5 Å². The zero-order valence-electron chi connectivity index (χ0n) is 23.2. The molecule has 3 aromatic rings. The molecule has 7 heteroatoms. The molecule has 5 rings (SSSR count). The van der Waals surface area contributed by atoms with E-state index in [0.29, 0.717) is 22.9 Å². The first-order valence-corrected chi connectivity index (χ1v) is 17.5. The third-order valence-corrected chi connectivity index (χ3v) is 11.6. The Hall–Kier alpha value is -2.45. The molecule has 2 aliphatic heterocycles. The molecule has 1 aromatic heterocycles. The van der Waals surface area contributed by atoms with Crippen LogP contribution in [-0.4, -0.2) is 86.4 Å². The standard InChI is InChI=1S/C31H41FN4OSi/c1-34-13-15-35(16-14-34)12-4-5-31(37)28-22-30(33-29-11-10-26(32)21-27(28)29)25-8-6-24(7-9-25)23-36-17-19-38(2,3)20-18-36/h6-11,21-22H,4-5,12-20,23H2,1-3H3. The Morgan fingerprint density at radius 2 is 1.63 bits per heavy atom. The molecule has 0 amide bonds. The Bertz CT molecular complexity index is 1260. The third-order valence-electron chi connectivity index (χ3n) is 8.41. The van der Waals surface area contributed by atoms with Gasteiger partial charge in [0.2, 0.25) is 0 Å². The maximum absolute atomic E-state index is 14.2. The van der Waals surface area contributed by atoms with Gasteiger partial charge in [0.05, 0.1) is 11.2 Å². The van der Waals surface area contributed by atoms with Crippen molar-refractivity contribution in [2.24, 2.45) is 0 Å². The first-order valence-electron chi connectivity index (χ1n) is 14.1. The van der Waals surface area contributed by atoms with Crippen LogP contribution in [0.4, 0.5) is 4.39 Å². The van der Waals surface area contributed by atoms with Gasteiger partial charge in [0.25, 0.3) is 0 Å². The van der Waals surface area contributed by atoms with Crippen LogP contribution < -0.4 is 0 Å². The monoisotopic (exact) mass is 532 g/mol. The lowest BCUT2D eigenvalue weighted by Gasteiger charge is -2.35. The van der Waals surface area contributed by atoms with E-state index in [1.54, 1.807) is 6.07 Å². The van der Waals surface area contributed by atoms with E-state index >= 15 is 0 Å². The quantitative estimate of drug-likeness (QED) is 0.272. The molecule has 0 N–H and O–H groups in total. The number of hydrogen-bond acceptors (Lipinski definition) is 5. The number of benzene rings is 2. The molecule has 0 radical (unpaired) electrons. The summed E-state index contributed by atoms with van der Waals surface area (Å²) in [6.45, 7) is 13.5. The number of piperazine rings is 1. The largest absolute Gasteiger partial charge is 0.304 e. The van der Waals surface area contributed by atoms with Crippen molar-refractivity contribution in [3.8, 4) is 11.3 Å². The van der Waals surface area contributed by atoms with Gasteiger partial charge in [-0.05, 0) is 75.0 Å². The van der Waals surface area contributed by atoms with Gasteiger partial charge in [0, 0.05) is 63.7 Å². The molecule has 0 aliphatic carbocycles. The molecular weight excluding hydrogens is 491 g/mol. The second kappa shape index (κ2) is 11.7. The van der Waals surface area contributed by atoms with Crippen LogP contribution in [0.25, 0.3) is 22.2 Å². The van der Waals surface area contributed by atoms with E-state index in [4.69, 9.17) is 4.98 Å². The molecule has 0 bridgehead atoms. The fourth-order valence-electron chi connectivity index (χ4n) is 5.60. The topological polar surface area (TPSA) is 39.7 Å². The average Bonchev–Trinajstić information content (AvgIpc) is 2.91. The predicted molar refractivity (Wildman–Crippen MR) is 157 cm³/mol. The van der Waals surface area contributed by atoms with E-state index in [9.17, 15) is 9.18 Å². The fourth-order valence-corrected chi connectivity index (χ4v) is 7.69. The van der Waals surface area contributed by atoms with E-state index in [1.807, 2.05) is 6.07 Å². The number of pyridine rings is 1. The summed E-state index contributed by atoms with van der Waals surface area (Å²) in [6.07, 6.45) is 1.26. The lowest BCUT2D eigenvalue weighted by atomic mass is 9.98. The summed E-state index contributed by atoms with van der Waals surface area (Å²) in [5, 5.41) is 0.603. The van der Waals surface area contributed by atoms with Crippen LogP contribution in [0.5, 0.6) is 0 Å². The van der Waals surface area contributed by atoms with Gasteiger partial charge in [-0.25, -0.2) is 9.37 Å². The number of Topliss-reactive ketones (excluding diaryl/α,β-unsaturated/α-hetero) is 1. The number of carbonyl (C=O) groups is 1. The lowest BCUT2D eigenvalue weighted by molar-refractivity contribution is 0.0968. The number of carbonyl (C=O) groups excluding carboxylic acids is 1. The predicted octanol–water partition coefficient (Wildman–Crippen LogP) is 5.78. The summed E-state index contributed by atoms with van der Waals surface area (Å²) < 4.78 is 14.2. The van der Waals surface area contributed by atoms with Crippen LogP contribution in [0.2, 0.25) is 25.2 Å². The molecule has 2 fully saturated rings. The van der Waals surface area contributed by atoms with E-state index in [-0.39, 0.29) is 11.6 Å². The van der Waals surface area contributed by atoms with Crippen molar-refractivity contribution in [1.29, 1.82) is 0 Å². The van der Waals surface area contributed by atoms with Crippen LogP contribution in [0.3, 0.4) is 0 Å². The molecule has 0 unspecified atom stereocenters. The number of likely N-dealkylation sites (N-methyl/N-ethyl adjacent to an activating group) is 1. The van der Waals surface area contributed by atoms with Crippen LogP contribution in [-0.2, 0) is 6.54 Å². The summed E-state index contributed by atoms with van der Waals surface area (Å²) in [7, 11) is 1.18. The highest BCUT2D eigenvalue weighted by molar-refractivity contribution is 6.77. The highest BCUT2D eigenvalue weighted by atomic mass is 28.3. The van der Waals surface area contributed by atoms with Gasteiger partial charge in [-0.3, -0.25) is 9.69 Å². The Morgan fingerprint density at radius 3 is 2.34 bits per heavy atom. The molecule has 202 valence electrons. The van der Waals surface area contributed by atoms with Crippen molar-refractivity contribution in [1.82, 2.24) is 19.7 Å². The second-order valence-corrected chi connectivity index (χ2v) is 17.4. The molecule has 2 saturated heterocycles. The van der Waals surface area contributed by atoms with E-state index < -0.39 is 8.07 Å². The molecule has 2 aromatic carbocycles. The van der Waals surface area contributed by atoms with E-state index in [1.165, 1.54) is 42.9 Å². The second-order valence-electron chi connectivity index (χ2n) is 12.0. The number of hydrogen-bond donors (Lipinski definition) is 0. The van der Waals surface area contributed by atoms with Crippen LogP contribution in [0.1, 0.15) is 28.8 Å². The Morgan fingerprint density at radius 1 is 0.921 bits per heavy atom. The minimum atomic E-state index is -0.969. The zero-order chi connectivity index (χ0) is 26.7. The van der Waals surface area contributed by atoms with Crippen molar-refractivity contribution in [3.63, 3.8) is 0 Å². The normalized spacial score (nSPS) is 19.2. The van der Waals surface area contributed by atoms with Gasteiger partial charge in [0.15, 0.2) is 5.78 Å². The molecular formula is C31H41FN4OSi. The fraction of sp³-hybridized carbons (Fsp3) is 0.484. The van der Waals surface area contributed by atoms with E-state index in [0.717, 1.165) is 56.9 Å². The molecule has 2 aliphatic rings. The van der Waals surface area contributed by atoms with Crippen LogP contribution >= 0.6 is 0 Å². The summed E-state index contributed by atoms with van der Waals surface area (Å²) >= 11 is 0. The first kappa shape index (κ1) is 27.1. The van der Waals surface area contributed by atoms with Crippen molar-refractivity contribution in [3.05, 3.63) is 65.5 Å².